The van der Waals surface area contributed by atoms with Crippen molar-refractivity contribution < 1.29 is 4.79 Å². The molecule has 108 valence electrons. The normalized spacial score (nSPS) is 19.7. The first kappa shape index (κ1) is 13.5. The maximum atomic E-state index is 12.4. The number of pyridine rings is 2. The molecule has 1 atom stereocenters. The molecule has 5 heteroatoms. The van der Waals surface area contributed by atoms with Crippen LogP contribution in [0.5, 0.6) is 0 Å². The van der Waals surface area contributed by atoms with Gasteiger partial charge in [0.25, 0.3) is 0 Å². The van der Waals surface area contributed by atoms with Gasteiger partial charge in [-0.25, -0.2) is 4.79 Å². The number of rotatable bonds is 2. The highest BCUT2D eigenvalue weighted by atomic mass is 16.2. The molecule has 0 radical (unpaired) electrons. The largest absolute Gasteiger partial charge is 0.322 e. The van der Waals surface area contributed by atoms with Gasteiger partial charge in [-0.1, -0.05) is 13.8 Å². The summed E-state index contributed by atoms with van der Waals surface area (Å²) < 4.78 is 0. The minimum absolute atomic E-state index is 0.0631. The Morgan fingerprint density at radius 2 is 2.00 bits per heavy atom. The quantitative estimate of drug-likeness (QED) is 0.920. The fraction of sp³-hybridized carbons (Fsp3) is 0.312. The number of nitrogens with one attached hydrogen (secondary N) is 1. The van der Waals surface area contributed by atoms with Crippen LogP contribution in [0.1, 0.15) is 25.5 Å². The van der Waals surface area contributed by atoms with Crippen molar-refractivity contribution in [2.75, 3.05) is 11.9 Å². The fourth-order valence-electron chi connectivity index (χ4n) is 2.92. The predicted molar refractivity (Wildman–Crippen MR) is 80.7 cm³/mol. The Labute approximate surface area is 124 Å². The van der Waals surface area contributed by atoms with Crippen molar-refractivity contribution in [3.8, 4) is 0 Å². The molecule has 2 aromatic heterocycles. The first-order chi connectivity index (χ1) is 10.1. The Morgan fingerprint density at radius 3 is 2.62 bits per heavy atom. The molecule has 1 aliphatic heterocycles. The van der Waals surface area contributed by atoms with Gasteiger partial charge in [0.15, 0.2) is 0 Å². The van der Waals surface area contributed by atoms with Crippen molar-refractivity contribution in [3.05, 3.63) is 54.6 Å². The van der Waals surface area contributed by atoms with Crippen molar-refractivity contribution in [1.82, 2.24) is 14.9 Å². The topological polar surface area (TPSA) is 58.1 Å². The monoisotopic (exact) mass is 282 g/mol. The molecule has 1 saturated heterocycles. The second-order valence-electron chi connectivity index (χ2n) is 5.97. The molecule has 1 aliphatic rings. The van der Waals surface area contributed by atoms with Gasteiger partial charge in [-0.2, -0.15) is 0 Å². The summed E-state index contributed by atoms with van der Waals surface area (Å²) in [5.41, 5.74) is 1.89. The third-order valence-electron chi connectivity index (χ3n) is 3.83. The molecular formula is C16H18N4O. The van der Waals surface area contributed by atoms with Crippen LogP contribution >= 0.6 is 0 Å². The van der Waals surface area contributed by atoms with Crippen LogP contribution in [0.25, 0.3) is 0 Å². The maximum absolute atomic E-state index is 12.4. The number of carbonyl (C=O) groups is 1. The van der Waals surface area contributed by atoms with E-state index in [9.17, 15) is 4.79 Å². The van der Waals surface area contributed by atoms with E-state index in [0.717, 1.165) is 12.1 Å². The van der Waals surface area contributed by atoms with E-state index < -0.39 is 0 Å². The second kappa shape index (κ2) is 5.16. The number of carbonyl (C=O) groups excluding carboxylic acids is 1. The molecule has 21 heavy (non-hydrogen) atoms. The Kier molecular flexibility index (Phi) is 3.33. The highest BCUT2D eigenvalue weighted by Crippen LogP contribution is 2.48. The number of urea groups is 1. The van der Waals surface area contributed by atoms with Crippen molar-refractivity contribution >= 4 is 11.7 Å². The van der Waals surface area contributed by atoms with Gasteiger partial charge in [0, 0.05) is 30.6 Å². The molecule has 1 N–H and O–H groups in total. The summed E-state index contributed by atoms with van der Waals surface area (Å²) in [7, 11) is 0. The predicted octanol–water partition coefficient (Wildman–Crippen LogP) is 3.09. The number of hydrogen-bond acceptors (Lipinski definition) is 3. The third-order valence-corrected chi connectivity index (χ3v) is 3.83. The van der Waals surface area contributed by atoms with Crippen molar-refractivity contribution in [2.45, 2.75) is 19.9 Å². The van der Waals surface area contributed by atoms with Gasteiger partial charge in [0.1, 0.15) is 0 Å². The van der Waals surface area contributed by atoms with Crippen LogP contribution in [-0.2, 0) is 0 Å². The van der Waals surface area contributed by atoms with E-state index in [-0.39, 0.29) is 17.5 Å². The average molecular weight is 282 g/mol. The number of amides is 2. The van der Waals surface area contributed by atoms with Gasteiger partial charge >= 0.3 is 6.03 Å². The molecule has 0 aliphatic carbocycles. The molecule has 0 spiro atoms. The van der Waals surface area contributed by atoms with E-state index in [4.69, 9.17) is 0 Å². The third kappa shape index (κ3) is 2.59. The zero-order chi connectivity index (χ0) is 14.9. The summed E-state index contributed by atoms with van der Waals surface area (Å²) in [6.07, 6.45) is 6.86. The number of anilines is 1. The zero-order valence-corrected chi connectivity index (χ0v) is 12.2. The smallest absolute Gasteiger partial charge is 0.316 e. The molecule has 1 fully saturated rings. The molecule has 0 saturated carbocycles. The van der Waals surface area contributed by atoms with E-state index in [0.29, 0.717) is 5.69 Å². The van der Waals surface area contributed by atoms with Crippen LogP contribution in [0.4, 0.5) is 10.5 Å². The van der Waals surface area contributed by atoms with E-state index in [1.165, 1.54) is 0 Å². The first-order valence-corrected chi connectivity index (χ1v) is 6.95. The minimum Gasteiger partial charge on any atom is -0.316 e. The lowest BCUT2D eigenvalue weighted by Gasteiger charge is -2.54. The number of nitrogens with zero attached hydrogens (tertiary/aromatic N) is 3. The van der Waals surface area contributed by atoms with Gasteiger partial charge in [0.05, 0.1) is 17.9 Å². The first-order valence-electron chi connectivity index (χ1n) is 6.95. The average Bonchev–Trinajstić information content (AvgIpc) is 2.47. The molecule has 3 heterocycles. The van der Waals surface area contributed by atoms with E-state index >= 15 is 0 Å². The lowest BCUT2D eigenvalue weighted by atomic mass is 9.72. The lowest BCUT2D eigenvalue weighted by molar-refractivity contribution is -0.0115. The van der Waals surface area contributed by atoms with Gasteiger partial charge < -0.3 is 10.2 Å². The SMILES string of the molecule is CC1(C)CN(C(=O)Nc2cccnc2)C1c1ccncc1. The Balaban J connectivity index is 1.78. The van der Waals surface area contributed by atoms with Gasteiger partial charge in [-0.15, -0.1) is 0 Å². The summed E-state index contributed by atoms with van der Waals surface area (Å²) in [6.45, 7) is 5.07. The molecule has 0 aromatic carbocycles. The van der Waals surface area contributed by atoms with E-state index in [1.807, 2.05) is 23.1 Å². The fourth-order valence-corrected chi connectivity index (χ4v) is 2.92. The summed E-state index contributed by atoms with van der Waals surface area (Å²) in [6, 6.07) is 7.54. The Bertz CT molecular complexity index is 627. The molecule has 3 rings (SSSR count). The standard InChI is InChI=1S/C16H18N4O/c1-16(2)11-20(14(16)12-5-8-17-9-6-12)15(21)19-13-4-3-7-18-10-13/h3-10,14H,11H2,1-2H3,(H,19,21). The van der Waals surface area contributed by atoms with Crippen molar-refractivity contribution in [1.29, 1.82) is 0 Å². The van der Waals surface area contributed by atoms with Crippen molar-refractivity contribution in [3.63, 3.8) is 0 Å². The van der Waals surface area contributed by atoms with Gasteiger partial charge in [-0.3, -0.25) is 9.97 Å². The minimum atomic E-state index is -0.0934. The Morgan fingerprint density at radius 1 is 1.24 bits per heavy atom. The molecule has 0 bridgehead atoms. The molecule has 2 amide bonds. The highest BCUT2D eigenvalue weighted by molar-refractivity contribution is 5.90. The van der Waals surface area contributed by atoms with Gasteiger partial charge in [0.2, 0.25) is 0 Å². The van der Waals surface area contributed by atoms with Crippen LogP contribution in [-0.4, -0.2) is 27.4 Å². The van der Waals surface area contributed by atoms with Crippen LogP contribution in [0.3, 0.4) is 0 Å². The molecule has 2 aromatic rings. The van der Waals surface area contributed by atoms with Crippen molar-refractivity contribution in [2.24, 2.45) is 5.41 Å². The van der Waals surface area contributed by atoms with Crippen LogP contribution in [0.15, 0.2) is 49.1 Å². The van der Waals surface area contributed by atoms with E-state index in [1.54, 1.807) is 30.9 Å². The Hall–Kier alpha value is -2.43. The summed E-state index contributed by atoms with van der Waals surface area (Å²) >= 11 is 0. The number of aromatic nitrogens is 2. The summed E-state index contributed by atoms with van der Waals surface area (Å²) in [4.78, 5) is 22.3. The summed E-state index contributed by atoms with van der Waals surface area (Å²) in [5.74, 6) is 0. The summed E-state index contributed by atoms with van der Waals surface area (Å²) in [5, 5.41) is 2.89. The maximum Gasteiger partial charge on any atom is 0.322 e. The number of likely N-dealkylation sites (tertiary alicyclic amines) is 1. The van der Waals surface area contributed by atoms with Crippen LogP contribution in [0.2, 0.25) is 0 Å². The second-order valence-corrected chi connectivity index (χ2v) is 5.97. The highest BCUT2D eigenvalue weighted by Gasteiger charge is 2.48. The molecule has 1 unspecified atom stereocenters. The number of hydrogen-bond donors (Lipinski definition) is 1. The van der Waals surface area contributed by atoms with Crippen LogP contribution in [0, 0.1) is 5.41 Å². The zero-order valence-electron chi connectivity index (χ0n) is 12.2. The van der Waals surface area contributed by atoms with Crippen LogP contribution < -0.4 is 5.32 Å². The van der Waals surface area contributed by atoms with Gasteiger partial charge in [-0.05, 0) is 29.8 Å². The molecular weight excluding hydrogens is 264 g/mol. The van der Waals surface area contributed by atoms with E-state index in [2.05, 4.69) is 29.1 Å². The lowest BCUT2D eigenvalue weighted by Crippen LogP contribution is -2.59. The molecule has 5 nitrogen and oxygen atoms in total.